The lowest BCUT2D eigenvalue weighted by atomic mass is 9.98. The Bertz CT molecular complexity index is 812. The number of fused-ring (bicyclic) bond motifs is 1. The smallest absolute Gasteiger partial charge is 0.317 e. The summed E-state index contributed by atoms with van der Waals surface area (Å²) in [5, 5.41) is 5.30. The van der Waals surface area contributed by atoms with E-state index >= 15 is 0 Å². The van der Waals surface area contributed by atoms with Crippen molar-refractivity contribution in [2.75, 3.05) is 33.0 Å². The first-order valence-electron chi connectivity index (χ1n) is 10.4. The van der Waals surface area contributed by atoms with Crippen LogP contribution in [0.4, 0.5) is 4.79 Å². The first-order valence-corrected chi connectivity index (χ1v) is 11.2. The molecule has 0 radical (unpaired) electrons. The van der Waals surface area contributed by atoms with Crippen LogP contribution >= 0.6 is 11.3 Å². The van der Waals surface area contributed by atoms with Gasteiger partial charge in [0.2, 0.25) is 6.79 Å². The molecule has 1 unspecified atom stereocenters. The highest BCUT2D eigenvalue weighted by molar-refractivity contribution is 7.09. The Morgan fingerprint density at radius 1 is 1.31 bits per heavy atom. The summed E-state index contributed by atoms with van der Waals surface area (Å²) < 4.78 is 10.8. The number of nitrogens with one attached hydrogen (secondary N) is 1. The summed E-state index contributed by atoms with van der Waals surface area (Å²) in [5.41, 5.74) is 1.05. The van der Waals surface area contributed by atoms with Gasteiger partial charge in [0.15, 0.2) is 11.5 Å². The number of piperidine rings is 1. The number of hydrogen-bond donors (Lipinski definition) is 1. The second-order valence-electron chi connectivity index (χ2n) is 7.71. The average molecular weight is 416 g/mol. The third kappa shape index (κ3) is 5.22. The van der Waals surface area contributed by atoms with Gasteiger partial charge in [-0.3, -0.25) is 4.90 Å². The third-order valence-corrected chi connectivity index (χ3v) is 6.45. The molecule has 1 aromatic heterocycles. The molecule has 3 heterocycles. The fraction of sp³-hybridized carbons (Fsp3) is 0.500. The van der Waals surface area contributed by atoms with Crippen LogP contribution in [0.5, 0.6) is 11.5 Å². The molecule has 29 heavy (non-hydrogen) atoms. The minimum Gasteiger partial charge on any atom is -0.454 e. The highest BCUT2D eigenvalue weighted by atomic mass is 32.1. The Kier molecular flexibility index (Phi) is 6.56. The van der Waals surface area contributed by atoms with Crippen LogP contribution < -0.4 is 14.8 Å². The monoisotopic (exact) mass is 415 g/mol. The summed E-state index contributed by atoms with van der Waals surface area (Å²) in [6.45, 7) is 7.45. The van der Waals surface area contributed by atoms with Gasteiger partial charge >= 0.3 is 6.03 Å². The highest BCUT2D eigenvalue weighted by Gasteiger charge is 2.22. The molecule has 1 saturated heterocycles. The molecule has 0 aliphatic carbocycles. The first-order chi connectivity index (χ1) is 14.2. The van der Waals surface area contributed by atoms with E-state index in [1.807, 2.05) is 41.4 Å². The summed E-state index contributed by atoms with van der Waals surface area (Å²) in [5.74, 6) is 2.04. The number of benzene rings is 1. The fourth-order valence-corrected chi connectivity index (χ4v) is 4.76. The molecule has 1 aromatic carbocycles. The van der Waals surface area contributed by atoms with Crippen molar-refractivity contribution in [1.29, 1.82) is 0 Å². The Labute approximate surface area is 176 Å². The van der Waals surface area contributed by atoms with Gasteiger partial charge in [-0.2, -0.15) is 0 Å². The average Bonchev–Trinajstić information content (AvgIpc) is 3.42. The minimum absolute atomic E-state index is 0.000507. The molecule has 2 amide bonds. The highest BCUT2D eigenvalue weighted by Crippen LogP contribution is 2.32. The quantitative estimate of drug-likeness (QED) is 0.745. The van der Waals surface area contributed by atoms with Crippen molar-refractivity contribution in [1.82, 2.24) is 15.1 Å². The predicted octanol–water partition coefficient (Wildman–Crippen LogP) is 3.92. The third-order valence-electron chi connectivity index (χ3n) is 5.58. The van der Waals surface area contributed by atoms with Gasteiger partial charge in [0.05, 0.1) is 0 Å². The second kappa shape index (κ2) is 9.50. The molecule has 7 heteroatoms. The number of amides is 2. The fourth-order valence-electron chi connectivity index (χ4n) is 4.01. The number of urea groups is 1. The number of ether oxygens (including phenoxy) is 2. The van der Waals surface area contributed by atoms with E-state index in [0.717, 1.165) is 43.2 Å². The zero-order valence-corrected chi connectivity index (χ0v) is 17.7. The number of likely N-dealkylation sites (tertiary alicyclic amines) is 1. The van der Waals surface area contributed by atoms with Crippen LogP contribution in [0.1, 0.15) is 30.2 Å². The molecule has 4 rings (SSSR count). The standard InChI is InChI=1S/C22H29N3O3S/c1-2-25(14-17-7-8-20-21(11-17)28-16-27-20)22(26)23-12-18-5-3-9-24(13-18)15-19-6-4-10-29-19/h4,6-8,10-11,18H,2-3,5,9,12-16H2,1H3,(H,23,26). The van der Waals surface area contributed by atoms with E-state index in [9.17, 15) is 4.79 Å². The largest absolute Gasteiger partial charge is 0.454 e. The topological polar surface area (TPSA) is 54.0 Å². The number of carbonyl (C=O) groups is 1. The first kappa shape index (κ1) is 20.0. The summed E-state index contributed by atoms with van der Waals surface area (Å²) >= 11 is 1.82. The molecule has 6 nitrogen and oxygen atoms in total. The Morgan fingerprint density at radius 3 is 3.03 bits per heavy atom. The second-order valence-corrected chi connectivity index (χ2v) is 8.74. The number of hydrogen-bond acceptors (Lipinski definition) is 5. The van der Waals surface area contributed by atoms with Crippen LogP contribution in [-0.4, -0.2) is 48.8 Å². The van der Waals surface area contributed by atoms with Gasteiger partial charge in [-0.05, 0) is 61.4 Å². The van der Waals surface area contributed by atoms with E-state index in [0.29, 0.717) is 19.0 Å². The van der Waals surface area contributed by atoms with Crippen molar-refractivity contribution in [3.63, 3.8) is 0 Å². The molecule has 1 atom stereocenters. The minimum atomic E-state index is 0.000507. The summed E-state index contributed by atoms with van der Waals surface area (Å²) in [4.78, 5) is 18.5. The van der Waals surface area contributed by atoms with E-state index in [2.05, 4.69) is 27.7 Å². The van der Waals surface area contributed by atoms with Crippen LogP contribution in [0.25, 0.3) is 0 Å². The number of carbonyl (C=O) groups excluding carboxylic acids is 1. The van der Waals surface area contributed by atoms with Crippen molar-refractivity contribution in [2.45, 2.75) is 32.9 Å². The zero-order valence-electron chi connectivity index (χ0n) is 16.9. The van der Waals surface area contributed by atoms with Crippen LogP contribution in [0, 0.1) is 5.92 Å². The van der Waals surface area contributed by atoms with E-state index < -0.39 is 0 Å². The maximum absolute atomic E-state index is 12.7. The van der Waals surface area contributed by atoms with Crippen molar-refractivity contribution in [2.24, 2.45) is 5.92 Å². The molecular weight excluding hydrogens is 386 g/mol. The molecule has 0 bridgehead atoms. The van der Waals surface area contributed by atoms with Gasteiger partial charge in [0.25, 0.3) is 0 Å². The molecular formula is C22H29N3O3S. The maximum Gasteiger partial charge on any atom is 0.317 e. The Morgan fingerprint density at radius 2 is 2.21 bits per heavy atom. The molecule has 1 fully saturated rings. The van der Waals surface area contributed by atoms with Crippen LogP contribution in [0.2, 0.25) is 0 Å². The Hall–Kier alpha value is -2.25. The summed E-state index contributed by atoms with van der Waals surface area (Å²) in [6, 6.07) is 10.2. The Balaban J connectivity index is 1.26. The van der Waals surface area contributed by atoms with Crippen molar-refractivity contribution in [3.05, 3.63) is 46.2 Å². The van der Waals surface area contributed by atoms with Crippen LogP contribution in [0.3, 0.4) is 0 Å². The lowest BCUT2D eigenvalue weighted by Crippen LogP contribution is -2.44. The van der Waals surface area contributed by atoms with E-state index in [4.69, 9.17) is 9.47 Å². The summed E-state index contributed by atoms with van der Waals surface area (Å²) in [7, 11) is 0. The molecule has 2 aromatic rings. The van der Waals surface area contributed by atoms with Crippen LogP contribution in [-0.2, 0) is 13.1 Å². The van der Waals surface area contributed by atoms with E-state index in [1.54, 1.807) is 0 Å². The van der Waals surface area contributed by atoms with E-state index in [1.165, 1.54) is 17.7 Å². The maximum atomic E-state index is 12.7. The van der Waals surface area contributed by atoms with E-state index in [-0.39, 0.29) is 12.8 Å². The number of rotatable bonds is 7. The van der Waals surface area contributed by atoms with Crippen LogP contribution in [0.15, 0.2) is 35.7 Å². The molecule has 156 valence electrons. The zero-order chi connectivity index (χ0) is 20.1. The molecule has 0 spiro atoms. The lowest BCUT2D eigenvalue weighted by molar-refractivity contribution is 0.160. The molecule has 2 aliphatic rings. The molecule has 2 aliphatic heterocycles. The van der Waals surface area contributed by atoms with Gasteiger partial charge < -0.3 is 19.7 Å². The van der Waals surface area contributed by atoms with Crippen molar-refractivity contribution >= 4 is 17.4 Å². The van der Waals surface area contributed by atoms with Gasteiger partial charge in [-0.25, -0.2) is 4.79 Å². The summed E-state index contributed by atoms with van der Waals surface area (Å²) in [6.07, 6.45) is 2.37. The van der Waals surface area contributed by atoms with Gasteiger partial charge in [0.1, 0.15) is 0 Å². The van der Waals surface area contributed by atoms with Gasteiger partial charge in [-0.15, -0.1) is 11.3 Å². The lowest BCUT2D eigenvalue weighted by Gasteiger charge is -2.33. The van der Waals surface area contributed by atoms with Crippen molar-refractivity contribution < 1.29 is 14.3 Å². The number of nitrogens with zero attached hydrogens (tertiary/aromatic N) is 2. The normalized spacial score (nSPS) is 18.6. The predicted molar refractivity (Wildman–Crippen MR) is 114 cm³/mol. The SMILES string of the molecule is CCN(Cc1ccc2c(c1)OCO2)C(=O)NCC1CCCN(Cc2cccs2)C1. The molecule has 1 N–H and O–H groups in total. The van der Waals surface area contributed by atoms with Crippen molar-refractivity contribution in [3.8, 4) is 11.5 Å². The number of thiophene rings is 1. The molecule has 0 saturated carbocycles. The van der Waals surface area contributed by atoms with Gasteiger partial charge in [0, 0.05) is 37.6 Å². The van der Waals surface area contributed by atoms with Gasteiger partial charge in [-0.1, -0.05) is 12.1 Å².